The number of carbonyl (C=O) groups excluding carboxylic acids is 3. The van der Waals surface area contributed by atoms with Gasteiger partial charge in [0.1, 0.15) is 11.3 Å². The van der Waals surface area contributed by atoms with Gasteiger partial charge in [-0.2, -0.15) is 0 Å². The maximum absolute atomic E-state index is 12.7. The summed E-state index contributed by atoms with van der Waals surface area (Å²) in [6.45, 7) is -0.0438. The van der Waals surface area contributed by atoms with Crippen LogP contribution in [0.4, 0.5) is 4.79 Å². The summed E-state index contributed by atoms with van der Waals surface area (Å²) in [5.74, 6) is -0.904. The average Bonchev–Trinajstić information content (AvgIpc) is 3.24. The summed E-state index contributed by atoms with van der Waals surface area (Å²) >= 11 is 0. The average molecular weight is 349 g/mol. The molecule has 1 aliphatic heterocycles. The molecule has 0 saturated carbocycles. The Morgan fingerprint density at radius 1 is 1.12 bits per heavy atom. The first-order valence-corrected chi connectivity index (χ1v) is 8.00. The van der Waals surface area contributed by atoms with Crippen LogP contribution < -0.4 is 5.32 Å². The molecule has 0 aliphatic carbocycles. The number of hydrogen-bond donors (Lipinski definition) is 1. The lowest BCUT2D eigenvalue weighted by Gasteiger charge is -2.25. The van der Waals surface area contributed by atoms with Gasteiger partial charge in [0.15, 0.2) is 0 Å². The van der Waals surface area contributed by atoms with E-state index in [9.17, 15) is 14.4 Å². The Morgan fingerprint density at radius 3 is 2.69 bits per heavy atom. The molecule has 1 aliphatic rings. The molecule has 3 aromatic rings. The monoisotopic (exact) mass is 349 g/mol. The number of rotatable bonds is 3. The van der Waals surface area contributed by atoms with E-state index < -0.39 is 17.8 Å². The summed E-state index contributed by atoms with van der Waals surface area (Å²) in [5, 5.41) is 3.12. The van der Waals surface area contributed by atoms with Crippen molar-refractivity contribution in [3.05, 3.63) is 65.8 Å². The van der Waals surface area contributed by atoms with Gasteiger partial charge >= 0.3 is 6.03 Å². The van der Waals surface area contributed by atoms with Gasteiger partial charge in [0, 0.05) is 29.7 Å². The molecule has 1 fully saturated rings. The number of hydrogen-bond acceptors (Lipinski definition) is 4. The van der Waals surface area contributed by atoms with Crippen LogP contribution in [-0.2, 0) is 23.2 Å². The molecule has 0 atom stereocenters. The van der Waals surface area contributed by atoms with Crippen LogP contribution in [0.1, 0.15) is 11.3 Å². The predicted octanol–water partition coefficient (Wildman–Crippen LogP) is 2.43. The number of aryl methyl sites for hydroxylation is 1. The molecule has 0 bridgehead atoms. The number of amides is 4. The second-order valence-corrected chi connectivity index (χ2v) is 6.00. The Kier molecular flexibility index (Phi) is 3.69. The lowest BCUT2D eigenvalue weighted by atomic mass is 10.1. The Bertz CT molecular complexity index is 1060. The number of benzene rings is 1. The molecule has 7 heteroatoms. The van der Waals surface area contributed by atoms with Gasteiger partial charge in [-0.05, 0) is 24.3 Å². The quantitative estimate of drug-likeness (QED) is 0.581. The molecular weight excluding hydrogens is 334 g/mol. The SMILES string of the molecule is Cn1cc(/C=C2/C(=O)NC(=O)N(Cc3ccco3)C2=O)c2ccccc21. The van der Waals surface area contributed by atoms with E-state index in [1.165, 1.54) is 12.3 Å². The van der Waals surface area contributed by atoms with E-state index in [2.05, 4.69) is 5.32 Å². The van der Waals surface area contributed by atoms with Gasteiger partial charge in [0.2, 0.25) is 0 Å². The zero-order chi connectivity index (χ0) is 18.3. The molecular formula is C19H15N3O4. The third kappa shape index (κ3) is 2.59. The van der Waals surface area contributed by atoms with E-state index in [0.29, 0.717) is 5.76 Å². The molecule has 4 amide bonds. The summed E-state index contributed by atoms with van der Waals surface area (Å²) in [4.78, 5) is 38.0. The number of imide groups is 2. The zero-order valence-corrected chi connectivity index (χ0v) is 13.9. The predicted molar refractivity (Wildman–Crippen MR) is 93.7 cm³/mol. The number of fused-ring (bicyclic) bond motifs is 1. The van der Waals surface area contributed by atoms with Crippen LogP contribution in [0.25, 0.3) is 17.0 Å². The molecule has 26 heavy (non-hydrogen) atoms. The van der Waals surface area contributed by atoms with Crippen molar-refractivity contribution in [2.75, 3.05) is 0 Å². The summed E-state index contributed by atoms with van der Waals surface area (Å²) < 4.78 is 7.11. The third-order valence-electron chi connectivity index (χ3n) is 4.31. The van der Waals surface area contributed by atoms with Gasteiger partial charge in [-0.1, -0.05) is 18.2 Å². The Labute approximate surface area is 148 Å². The number of para-hydroxylation sites is 1. The number of aromatic nitrogens is 1. The van der Waals surface area contributed by atoms with Gasteiger partial charge in [-0.3, -0.25) is 19.8 Å². The van der Waals surface area contributed by atoms with Gasteiger partial charge in [0.05, 0.1) is 12.8 Å². The van der Waals surface area contributed by atoms with Crippen LogP contribution in [0, 0.1) is 0 Å². The van der Waals surface area contributed by atoms with Gasteiger partial charge in [-0.15, -0.1) is 0 Å². The Morgan fingerprint density at radius 2 is 1.92 bits per heavy atom. The lowest BCUT2D eigenvalue weighted by molar-refractivity contribution is -0.130. The second-order valence-electron chi connectivity index (χ2n) is 6.00. The van der Waals surface area contributed by atoms with Crippen molar-refractivity contribution < 1.29 is 18.8 Å². The first-order valence-electron chi connectivity index (χ1n) is 8.00. The lowest BCUT2D eigenvalue weighted by Crippen LogP contribution is -2.53. The molecule has 7 nitrogen and oxygen atoms in total. The molecule has 1 aromatic carbocycles. The van der Waals surface area contributed by atoms with Crippen molar-refractivity contribution in [1.29, 1.82) is 0 Å². The highest BCUT2D eigenvalue weighted by molar-refractivity contribution is 6.31. The first kappa shape index (κ1) is 15.9. The summed E-state index contributed by atoms with van der Waals surface area (Å²) in [6.07, 6.45) is 4.81. The fourth-order valence-electron chi connectivity index (χ4n) is 3.04. The zero-order valence-electron chi connectivity index (χ0n) is 13.9. The first-order chi connectivity index (χ1) is 12.5. The molecule has 0 spiro atoms. The number of carbonyl (C=O) groups is 3. The summed E-state index contributed by atoms with van der Waals surface area (Å²) in [6, 6.07) is 10.2. The van der Waals surface area contributed by atoms with E-state index in [1.807, 2.05) is 42.1 Å². The van der Waals surface area contributed by atoms with Crippen LogP contribution in [0.5, 0.6) is 0 Å². The van der Waals surface area contributed by atoms with E-state index in [1.54, 1.807) is 12.1 Å². The van der Waals surface area contributed by atoms with Crippen molar-refractivity contribution >= 4 is 34.8 Å². The molecule has 1 N–H and O–H groups in total. The van der Waals surface area contributed by atoms with Gasteiger partial charge < -0.3 is 8.98 Å². The maximum atomic E-state index is 12.7. The van der Waals surface area contributed by atoms with E-state index in [-0.39, 0.29) is 12.1 Å². The highest BCUT2D eigenvalue weighted by atomic mass is 16.3. The number of furan rings is 1. The number of urea groups is 1. The van der Waals surface area contributed by atoms with Crippen LogP contribution in [-0.4, -0.2) is 27.3 Å². The highest BCUT2D eigenvalue weighted by Gasteiger charge is 2.36. The summed E-state index contributed by atoms with van der Waals surface area (Å²) in [5.41, 5.74) is 1.62. The fraction of sp³-hybridized carbons (Fsp3) is 0.105. The van der Waals surface area contributed by atoms with E-state index in [0.717, 1.165) is 21.4 Å². The molecule has 2 aromatic heterocycles. The Hall–Kier alpha value is -3.61. The van der Waals surface area contributed by atoms with E-state index >= 15 is 0 Å². The standard InChI is InChI=1S/C19H15N3O4/c1-21-10-12(14-6-2-3-7-16(14)21)9-15-17(23)20-19(25)22(18(15)24)11-13-5-4-8-26-13/h2-10H,11H2,1H3,(H,20,23,25)/b15-9-. The minimum Gasteiger partial charge on any atom is -0.467 e. The van der Waals surface area contributed by atoms with Crippen LogP contribution in [0.2, 0.25) is 0 Å². The molecule has 3 heterocycles. The van der Waals surface area contributed by atoms with E-state index in [4.69, 9.17) is 4.42 Å². The largest absolute Gasteiger partial charge is 0.467 e. The van der Waals surface area contributed by atoms with Crippen molar-refractivity contribution in [2.24, 2.45) is 7.05 Å². The van der Waals surface area contributed by atoms with Crippen LogP contribution in [0.3, 0.4) is 0 Å². The fourth-order valence-corrected chi connectivity index (χ4v) is 3.04. The smallest absolute Gasteiger partial charge is 0.331 e. The molecule has 0 unspecified atom stereocenters. The maximum Gasteiger partial charge on any atom is 0.331 e. The number of nitrogens with one attached hydrogen (secondary N) is 1. The van der Waals surface area contributed by atoms with Crippen molar-refractivity contribution in [1.82, 2.24) is 14.8 Å². The Balaban J connectivity index is 1.74. The molecule has 0 radical (unpaired) electrons. The van der Waals surface area contributed by atoms with Crippen LogP contribution in [0.15, 0.2) is 58.8 Å². The van der Waals surface area contributed by atoms with Crippen molar-refractivity contribution in [3.8, 4) is 0 Å². The van der Waals surface area contributed by atoms with Crippen LogP contribution >= 0.6 is 0 Å². The van der Waals surface area contributed by atoms with Crippen molar-refractivity contribution in [3.63, 3.8) is 0 Å². The highest BCUT2D eigenvalue weighted by Crippen LogP contribution is 2.24. The third-order valence-corrected chi connectivity index (χ3v) is 4.31. The summed E-state index contributed by atoms with van der Waals surface area (Å²) in [7, 11) is 1.89. The second kappa shape index (κ2) is 6.03. The topological polar surface area (TPSA) is 84.6 Å². The normalized spacial score (nSPS) is 16.6. The van der Waals surface area contributed by atoms with Crippen molar-refractivity contribution in [2.45, 2.75) is 6.54 Å². The number of nitrogens with zero attached hydrogens (tertiary/aromatic N) is 2. The molecule has 1 saturated heterocycles. The minimum absolute atomic E-state index is 0.0438. The number of barbiturate groups is 1. The van der Waals surface area contributed by atoms with Gasteiger partial charge in [0.25, 0.3) is 11.8 Å². The minimum atomic E-state index is -0.758. The van der Waals surface area contributed by atoms with Gasteiger partial charge in [-0.25, -0.2) is 4.79 Å². The molecule has 130 valence electrons. The molecule has 4 rings (SSSR count).